The lowest BCUT2D eigenvalue weighted by Gasteiger charge is -2.12. The van der Waals surface area contributed by atoms with Crippen LogP contribution in [-0.4, -0.2) is 24.7 Å². The molecule has 0 spiro atoms. The van der Waals surface area contributed by atoms with Crippen molar-refractivity contribution < 1.29 is 17.7 Å². The van der Waals surface area contributed by atoms with Crippen LogP contribution in [-0.2, 0) is 26.9 Å². The highest BCUT2D eigenvalue weighted by Crippen LogP contribution is 2.13. The lowest BCUT2D eigenvalue weighted by atomic mass is 10.1. The number of carbonyl (C=O) groups is 1. The van der Waals surface area contributed by atoms with Crippen LogP contribution in [0.2, 0.25) is 0 Å². The Morgan fingerprint density at radius 2 is 1.91 bits per heavy atom. The molecule has 0 unspecified atom stereocenters. The minimum absolute atomic E-state index is 0.237. The lowest BCUT2D eigenvalue weighted by Crippen LogP contribution is -2.38. The summed E-state index contributed by atoms with van der Waals surface area (Å²) in [6, 6.07) is 9.22. The fourth-order valence-corrected chi connectivity index (χ4v) is 3.20. The molecule has 2 rings (SSSR count). The Kier molecular flexibility index (Phi) is 5.20. The Morgan fingerprint density at radius 3 is 2.48 bits per heavy atom. The van der Waals surface area contributed by atoms with E-state index in [0.717, 1.165) is 11.1 Å². The van der Waals surface area contributed by atoms with Gasteiger partial charge in [-0.05, 0) is 26.3 Å². The van der Waals surface area contributed by atoms with Gasteiger partial charge >= 0.3 is 0 Å². The first-order valence-electron chi connectivity index (χ1n) is 7.25. The van der Waals surface area contributed by atoms with Crippen LogP contribution >= 0.6 is 0 Å². The van der Waals surface area contributed by atoms with E-state index in [2.05, 4.69) is 10.5 Å². The Hall–Kier alpha value is -2.15. The zero-order chi connectivity index (χ0) is 17.0. The Balaban J connectivity index is 1.96. The van der Waals surface area contributed by atoms with Gasteiger partial charge < -0.3 is 9.84 Å². The molecular weight excluding hydrogens is 316 g/mol. The minimum Gasteiger partial charge on any atom is -0.360 e. The molecule has 0 bridgehead atoms. The number of aromatic nitrogens is 1. The topological polar surface area (TPSA) is 89.3 Å². The van der Waals surface area contributed by atoms with Crippen molar-refractivity contribution in [1.82, 2.24) is 10.5 Å². The monoisotopic (exact) mass is 336 g/mol. The third-order valence-electron chi connectivity index (χ3n) is 3.52. The minimum atomic E-state index is -3.66. The largest absolute Gasteiger partial charge is 0.360 e. The van der Waals surface area contributed by atoms with Gasteiger partial charge in [-0.1, -0.05) is 35.0 Å². The normalized spacial score (nSPS) is 12.8. The van der Waals surface area contributed by atoms with Crippen LogP contribution in [0.15, 0.2) is 34.9 Å². The van der Waals surface area contributed by atoms with Gasteiger partial charge in [0.15, 0.2) is 15.6 Å². The van der Waals surface area contributed by atoms with Gasteiger partial charge in [0.25, 0.3) is 0 Å². The highest BCUT2D eigenvalue weighted by Gasteiger charge is 2.29. The maximum Gasteiger partial charge on any atom is 0.238 e. The molecule has 0 aliphatic heterocycles. The molecule has 23 heavy (non-hydrogen) atoms. The fourth-order valence-electron chi connectivity index (χ4n) is 2.01. The van der Waals surface area contributed by atoms with Crippen LogP contribution in [0.3, 0.4) is 0 Å². The van der Waals surface area contributed by atoms with Crippen molar-refractivity contribution in [2.75, 3.05) is 0 Å². The maximum atomic E-state index is 12.3. The summed E-state index contributed by atoms with van der Waals surface area (Å²) in [6.45, 7) is 5.35. The smallest absolute Gasteiger partial charge is 0.238 e. The van der Waals surface area contributed by atoms with Crippen LogP contribution in [0.1, 0.15) is 29.5 Å². The summed E-state index contributed by atoms with van der Waals surface area (Å²) in [7, 11) is -3.66. The van der Waals surface area contributed by atoms with Crippen LogP contribution in [0.5, 0.6) is 0 Å². The maximum absolute atomic E-state index is 12.3. The van der Waals surface area contributed by atoms with E-state index < -0.39 is 21.0 Å². The van der Waals surface area contributed by atoms with Gasteiger partial charge in [-0.3, -0.25) is 4.79 Å². The number of benzene rings is 1. The number of carbonyl (C=O) groups excluding carboxylic acids is 1. The second-order valence-electron chi connectivity index (χ2n) is 5.59. The van der Waals surface area contributed by atoms with E-state index in [4.69, 9.17) is 4.52 Å². The molecule has 7 heteroatoms. The molecule has 0 saturated carbocycles. The van der Waals surface area contributed by atoms with E-state index in [1.165, 1.54) is 6.92 Å². The van der Waals surface area contributed by atoms with Gasteiger partial charge in [0.2, 0.25) is 5.91 Å². The summed E-state index contributed by atoms with van der Waals surface area (Å²) >= 11 is 0. The molecule has 1 aromatic carbocycles. The Labute approximate surface area is 135 Å². The molecule has 1 amide bonds. The summed E-state index contributed by atoms with van der Waals surface area (Å²) in [5, 5.41) is 5.14. The van der Waals surface area contributed by atoms with Gasteiger partial charge in [0.05, 0.1) is 5.69 Å². The molecule has 0 radical (unpaired) electrons. The third-order valence-corrected chi connectivity index (χ3v) is 5.49. The first-order valence-corrected chi connectivity index (χ1v) is 8.96. The summed E-state index contributed by atoms with van der Waals surface area (Å²) in [5.41, 5.74) is 2.64. The number of rotatable bonds is 6. The van der Waals surface area contributed by atoms with Crippen molar-refractivity contribution in [1.29, 1.82) is 0 Å². The van der Waals surface area contributed by atoms with Crippen molar-refractivity contribution in [2.45, 2.75) is 38.3 Å². The van der Waals surface area contributed by atoms with Crippen molar-refractivity contribution in [2.24, 2.45) is 0 Å². The van der Waals surface area contributed by atoms with E-state index in [9.17, 15) is 13.2 Å². The van der Waals surface area contributed by atoms with Crippen LogP contribution in [0.4, 0.5) is 0 Å². The van der Waals surface area contributed by atoms with E-state index in [0.29, 0.717) is 12.2 Å². The molecule has 1 heterocycles. The predicted molar refractivity (Wildman–Crippen MR) is 86.4 cm³/mol. The molecule has 6 nitrogen and oxygen atoms in total. The Bertz CT molecular complexity index is 779. The molecular formula is C16H20N2O4S. The summed E-state index contributed by atoms with van der Waals surface area (Å²) in [5.74, 6) is -0.630. The van der Waals surface area contributed by atoms with Crippen molar-refractivity contribution in [3.63, 3.8) is 0 Å². The molecule has 1 atom stereocenters. The number of hydrogen-bond donors (Lipinski definition) is 1. The Morgan fingerprint density at radius 1 is 1.26 bits per heavy atom. The van der Waals surface area contributed by atoms with E-state index in [1.807, 2.05) is 31.2 Å². The van der Waals surface area contributed by atoms with Crippen molar-refractivity contribution >= 4 is 15.7 Å². The van der Waals surface area contributed by atoms with Gasteiger partial charge in [-0.25, -0.2) is 8.42 Å². The molecule has 0 aliphatic carbocycles. The summed E-state index contributed by atoms with van der Waals surface area (Å²) < 4.78 is 29.4. The molecule has 2 aromatic rings. The molecule has 0 saturated heterocycles. The van der Waals surface area contributed by atoms with E-state index in [1.54, 1.807) is 13.0 Å². The van der Waals surface area contributed by atoms with Gasteiger partial charge in [-0.2, -0.15) is 0 Å². The number of aryl methyl sites for hydroxylation is 2. The van der Waals surface area contributed by atoms with Crippen LogP contribution in [0.25, 0.3) is 0 Å². The predicted octanol–water partition coefficient (Wildman–Crippen LogP) is 1.91. The zero-order valence-corrected chi connectivity index (χ0v) is 14.2. The highest BCUT2D eigenvalue weighted by atomic mass is 32.2. The average Bonchev–Trinajstić information content (AvgIpc) is 2.90. The molecule has 124 valence electrons. The quantitative estimate of drug-likeness (QED) is 0.870. The number of amides is 1. The van der Waals surface area contributed by atoms with Crippen molar-refractivity contribution in [3.05, 3.63) is 52.9 Å². The first kappa shape index (κ1) is 17.2. The molecule has 1 N–H and O–H groups in total. The third kappa shape index (κ3) is 4.66. The van der Waals surface area contributed by atoms with Gasteiger partial charge in [0.1, 0.15) is 11.0 Å². The highest BCUT2D eigenvalue weighted by molar-refractivity contribution is 7.92. The number of hydrogen-bond acceptors (Lipinski definition) is 5. The fraction of sp³-hybridized carbons (Fsp3) is 0.375. The second kappa shape index (κ2) is 6.95. The van der Waals surface area contributed by atoms with Crippen LogP contribution < -0.4 is 5.32 Å². The lowest BCUT2D eigenvalue weighted by molar-refractivity contribution is -0.120. The summed E-state index contributed by atoms with van der Waals surface area (Å²) in [6.07, 6.45) is 0. The number of sulfone groups is 1. The molecule has 0 aliphatic rings. The molecule has 1 aromatic heterocycles. The number of nitrogens with zero attached hydrogens (tertiary/aromatic N) is 1. The van der Waals surface area contributed by atoms with E-state index in [-0.39, 0.29) is 11.5 Å². The standard InChI is InChI=1S/C16H20N2O4S/c1-11-4-6-14(7-5-11)9-17-16(19)13(3)23(20,21)10-15-8-12(2)18-22-15/h4-8,13H,9-10H2,1-3H3,(H,17,19)/t13-/m0/s1. The van der Waals surface area contributed by atoms with Crippen LogP contribution in [0, 0.1) is 13.8 Å². The van der Waals surface area contributed by atoms with Gasteiger partial charge in [-0.15, -0.1) is 0 Å². The van der Waals surface area contributed by atoms with Gasteiger partial charge in [0, 0.05) is 12.6 Å². The van der Waals surface area contributed by atoms with E-state index >= 15 is 0 Å². The van der Waals surface area contributed by atoms with Crippen molar-refractivity contribution in [3.8, 4) is 0 Å². The number of nitrogens with one attached hydrogen (secondary N) is 1. The second-order valence-corrected chi connectivity index (χ2v) is 7.91. The average molecular weight is 336 g/mol. The summed E-state index contributed by atoms with van der Waals surface area (Å²) in [4.78, 5) is 12.1. The SMILES string of the molecule is Cc1ccc(CNC(=O)[C@H](C)S(=O)(=O)Cc2cc(C)no2)cc1. The zero-order valence-electron chi connectivity index (χ0n) is 13.4. The molecule has 0 fully saturated rings. The first-order chi connectivity index (χ1) is 10.8.